The maximum Gasteiger partial charge on any atom is 0.271 e. The predicted molar refractivity (Wildman–Crippen MR) is 66.4 cm³/mol. The molecule has 1 aromatic rings. The molecule has 1 rings (SSSR count). The Morgan fingerprint density at radius 1 is 1.59 bits per heavy atom. The van der Waals surface area contributed by atoms with Gasteiger partial charge in [-0.15, -0.1) is 6.58 Å². The second-order valence-corrected chi connectivity index (χ2v) is 3.43. The van der Waals surface area contributed by atoms with Crippen LogP contribution in [-0.4, -0.2) is 17.3 Å². The third-order valence-electron chi connectivity index (χ3n) is 2.27. The summed E-state index contributed by atoms with van der Waals surface area (Å²) >= 11 is 0. The fraction of sp³-hybridized carbons (Fsp3) is 0.250. The van der Waals surface area contributed by atoms with Gasteiger partial charge >= 0.3 is 0 Å². The molecule has 0 radical (unpaired) electrons. The number of nitro benzene ring substituents is 1. The SMILES string of the molecule is C=CCNc1cc([N+](=O)[O-])ccc1C(=O)CC. The van der Waals surface area contributed by atoms with Gasteiger partial charge in [-0.3, -0.25) is 14.9 Å². The molecule has 1 aromatic carbocycles. The van der Waals surface area contributed by atoms with E-state index in [1.807, 2.05) is 0 Å². The van der Waals surface area contributed by atoms with E-state index in [9.17, 15) is 14.9 Å². The first-order valence-corrected chi connectivity index (χ1v) is 5.26. The second-order valence-electron chi connectivity index (χ2n) is 3.43. The molecule has 0 bridgehead atoms. The first kappa shape index (κ1) is 12.9. The lowest BCUT2D eigenvalue weighted by Crippen LogP contribution is -2.06. The molecule has 0 heterocycles. The zero-order chi connectivity index (χ0) is 12.8. The molecule has 5 nitrogen and oxygen atoms in total. The number of ketones is 1. The van der Waals surface area contributed by atoms with E-state index in [-0.39, 0.29) is 11.5 Å². The summed E-state index contributed by atoms with van der Waals surface area (Å²) in [6, 6.07) is 4.18. The highest BCUT2D eigenvalue weighted by molar-refractivity contribution is 6.01. The van der Waals surface area contributed by atoms with Crippen LogP contribution >= 0.6 is 0 Å². The average molecular weight is 234 g/mol. The predicted octanol–water partition coefficient (Wildman–Crippen LogP) is 2.79. The van der Waals surface area contributed by atoms with Gasteiger partial charge in [0, 0.05) is 30.7 Å². The van der Waals surface area contributed by atoms with E-state index in [0.29, 0.717) is 24.2 Å². The Labute approximate surface area is 99.3 Å². The van der Waals surface area contributed by atoms with E-state index >= 15 is 0 Å². The number of carbonyl (C=O) groups excluding carboxylic acids is 1. The van der Waals surface area contributed by atoms with Crippen LogP contribution < -0.4 is 5.32 Å². The lowest BCUT2D eigenvalue weighted by molar-refractivity contribution is -0.384. The van der Waals surface area contributed by atoms with Gasteiger partial charge in [0.05, 0.1) is 10.6 Å². The molecular weight excluding hydrogens is 220 g/mol. The summed E-state index contributed by atoms with van der Waals surface area (Å²) in [6.45, 7) is 5.75. The molecule has 0 saturated carbocycles. The Bertz CT molecular complexity index is 455. The molecule has 0 unspecified atom stereocenters. The van der Waals surface area contributed by atoms with Crippen LogP contribution in [0.2, 0.25) is 0 Å². The van der Waals surface area contributed by atoms with Crippen LogP contribution in [0.25, 0.3) is 0 Å². The standard InChI is InChI=1S/C12H14N2O3/c1-3-7-13-11-8-9(14(16)17)5-6-10(11)12(15)4-2/h3,5-6,8,13H,1,4,7H2,2H3. The summed E-state index contributed by atoms with van der Waals surface area (Å²) in [4.78, 5) is 21.8. The van der Waals surface area contributed by atoms with Gasteiger partial charge in [0.2, 0.25) is 0 Å². The van der Waals surface area contributed by atoms with Gasteiger partial charge in [0.25, 0.3) is 5.69 Å². The minimum atomic E-state index is -0.487. The first-order chi connectivity index (χ1) is 8.10. The fourth-order valence-corrected chi connectivity index (χ4v) is 1.41. The monoisotopic (exact) mass is 234 g/mol. The van der Waals surface area contributed by atoms with Crippen LogP contribution in [0.4, 0.5) is 11.4 Å². The summed E-state index contributed by atoms with van der Waals surface area (Å²) in [6.07, 6.45) is 1.99. The van der Waals surface area contributed by atoms with Gasteiger partial charge in [-0.05, 0) is 6.07 Å². The van der Waals surface area contributed by atoms with Gasteiger partial charge < -0.3 is 5.32 Å². The van der Waals surface area contributed by atoms with Crippen molar-refractivity contribution in [2.24, 2.45) is 0 Å². The van der Waals surface area contributed by atoms with E-state index in [1.165, 1.54) is 18.2 Å². The fourth-order valence-electron chi connectivity index (χ4n) is 1.41. The quantitative estimate of drug-likeness (QED) is 0.355. The summed E-state index contributed by atoms with van der Waals surface area (Å²) < 4.78 is 0. The number of carbonyl (C=O) groups is 1. The number of rotatable bonds is 6. The highest BCUT2D eigenvalue weighted by Gasteiger charge is 2.14. The smallest absolute Gasteiger partial charge is 0.271 e. The molecule has 0 aliphatic carbocycles. The van der Waals surface area contributed by atoms with Gasteiger partial charge in [-0.1, -0.05) is 13.0 Å². The van der Waals surface area contributed by atoms with Crippen molar-refractivity contribution in [1.82, 2.24) is 0 Å². The van der Waals surface area contributed by atoms with Crippen LogP contribution in [0.1, 0.15) is 23.7 Å². The van der Waals surface area contributed by atoms with Crippen LogP contribution in [-0.2, 0) is 0 Å². The van der Waals surface area contributed by atoms with Crippen LogP contribution in [0, 0.1) is 10.1 Å². The third kappa shape index (κ3) is 3.14. The van der Waals surface area contributed by atoms with Crippen molar-refractivity contribution in [1.29, 1.82) is 0 Å². The first-order valence-electron chi connectivity index (χ1n) is 5.26. The normalized spacial score (nSPS) is 9.71. The molecule has 0 amide bonds. The number of nitrogens with zero attached hydrogens (tertiary/aromatic N) is 1. The van der Waals surface area contributed by atoms with E-state index in [2.05, 4.69) is 11.9 Å². The Morgan fingerprint density at radius 3 is 2.82 bits per heavy atom. The molecule has 0 saturated heterocycles. The van der Waals surface area contributed by atoms with E-state index < -0.39 is 4.92 Å². The molecule has 0 aromatic heterocycles. The average Bonchev–Trinajstić information content (AvgIpc) is 2.34. The van der Waals surface area contributed by atoms with Crippen LogP contribution in [0.3, 0.4) is 0 Å². The minimum Gasteiger partial charge on any atom is -0.381 e. The minimum absolute atomic E-state index is 0.0378. The molecular formula is C12H14N2O3. The Balaban J connectivity index is 3.15. The molecule has 0 atom stereocenters. The van der Waals surface area contributed by atoms with Crippen molar-refractivity contribution in [3.63, 3.8) is 0 Å². The van der Waals surface area contributed by atoms with Gasteiger partial charge in [-0.25, -0.2) is 0 Å². The van der Waals surface area contributed by atoms with Crippen molar-refractivity contribution in [3.05, 3.63) is 46.5 Å². The number of anilines is 1. The number of non-ortho nitro benzene ring substituents is 1. The maximum absolute atomic E-state index is 11.6. The molecule has 0 aliphatic rings. The topological polar surface area (TPSA) is 72.2 Å². The van der Waals surface area contributed by atoms with Gasteiger partial charge in [0.1, 0.15) is 0 Å². The van der Waals surface area contributed by atoms with Crippen molar-refractivity contribution in [2.45, 2.75) is 13.3 Å². The zero-order valence-electron chi connectivity index (χ0n) is 9.60. The van der Waals surface area contributed by atoms with E-state index in [0.717, 1.165) is 0 Å². The Morgan fingerprint density at radius 2 is 2.29 bits per heavy atom. The highest BCUT2D eigenvalue weighted by atomic mass is 16.6. The number of hydrogen-bond donors (Lipinski definition) is 1. The molecule has 17 heavy (non-hydrogen) atoms. The van der Waals surface area contributed by atoms with Crippen molar-refractivity contribution in [2.75, 3.05) is 11.9 Å². The van der Waals surface area contributed by atoms with E-state index in [1.54, 1.807) is 13.0 Å². The zero-order valence-corrected chi connectivity index (χ0v) is 9.60. The molecule has 0 spiro atoms. The van der Waals surface area contributed by atoms with Crippen LogP contribution in [0.15, 0.2) is 30.9 Å². The summed E-state index contributed by atoms with van der Waals surface area (Å²) in [5.74, 6) is -0.0496. The molecule has 5 heteroatoms. The Kier molecular flexibility index (Phi) is 4.39. The molecule has 1 N–H and O–H groups in total. The summed E-state index contributed by atoms with van der Waals surface area (Å²) in [5.41, 5.74) is 0.912. The largest absolute Gasteiger partial charge is 0.381 e. The van der Waals surface area contributed by atoms with E-state index in [4.69, 9.17) is 0 Å². The number of hydrogen-bond acceptors (Lipinski definition) is 4. The summed E-state index contributed by atoms with van der Waals surface area (Å²) in [7, 11) is 0. The number of Topliss-reactive ketones (excluding diaryl/α,β-unsaturated/α-hetero) is 1. The van der Waals surface area contributed by atoms with Crippen molar-refractivity contribution in [3.8, 4) is 0 Å². The molecule has 90 valence electrons. The number of benzene rings is 1. The number of nitrogens with one attached hydrogen (secondary N) is 1. The van der Waals surface area contributed by atoms with Gasteiger partial charge in [-0.2, -0.15) is 0 Å². The molecule has 0 aliphatic heterocycles. The third-order valence-corrected chi connectivity index (χ3v) is 2.27. The number of nitro groups is 1. The summed E-state index contributed by atoms with van der Waals surface area (Å²) in [5, 5.41) is 13.6. The molecule has 0 fully saturated rings. The van der Waals surface area contributed by atoms with Crippen molar-refractivity contribution >= 4 is 17.2 Å². The highest BCUT2D eigenvalue weighted by Crippen LogP contribution is 2.23. The van der Waals surface area contributed by atoms with Crippen LogP contribution in [0.5, 0.6) is 0 Å². The lowest BCUT2D eigenvalue weighted by Gasteiger charge is -2.08. The maximum atomic E-state index is 11.6. The van der Waals surface area contributed by atoms with Gasteiger partial charge in [0.15, 0.2) is 5.78 Å². The lowest BCUT2D eigenvalue weighted by atomic mass is 10.1. The Hall–Kier alpha value is -2.17. The van der Waals surface area contributed by atoms with Crippen molar-refractivity contribution < 1.29 is 9.72 Å². The second kappa shape index (κ2) is 5.79.